The number of aryl methyl sites for hydroxylation is 1. The van der Waals surface area contributed by atoms with Crippen LogP contribution in [-0.2, 0) is 31.0 Å². The Bertz CT molecular complexity index is 3160. The van der Waals surface area contributed by atoms with E-state index in [-0.39, 0.29) is 36.8 Å². The number of ether oxygens (including phenoxy) is 4. The zero-order chi connectivity index (χ0) is 58.5. The van der Waals surface area contributed by atoms with Crippen LogP contribution in [-0.4, -0.2) is 147 Å². The molecule has 1 aliphatic heterocycles. The number of amides is 4. The number of carbonyl (C=O) groups excluding carboxylic acids is 3. The first-order valence-corrected chi connectivity index (χ1v) is 31.3. The normalized spacial score (nSPS) is 14.4. The monoisotopic (exact) mass is 1150 g/mol. The van der Waals surface area contributed by atoms with Crippen LogP contribution in [0.15, 0.2) is 108 Å². The van der Waals surface area contributed by atoms with Crippen molar-refractivity contribution in [1.82, 2.24) is 34.8 Å². The maximum absolute atomic E-state index is 15.3. The predicted molar refractivity (Wildman–Crippen MR) is 318 cm³/mol. The summed E-state index contributed by atoms with van der Waals surface area (Å²) in [6, 6.07) is 26.0. The third kappa shape index (κ3) is 16.7. The van der Waals surface area contributed by atoms with E-state index in [1.54, 1.807) is 40.1 Å². The lowest BCUT2D eigenvalue weighted by molar-refractivity contribution is -0.125. The highest BCUT2D eigenvalue weighted by Gasteiger charge is 2.50. The topological polar surface area (TPSA) is 189 Å². The van der Waals surface area contributed by atoms with E-state index in [0.29, 0.717) is 73.6 Å². The van der Waals surface area contributed by atoms with Gasteiger partial charge in [-0.05, 0) is 88.7 Å². The Morgan fingerprint density at radius 1 is 0.840 bits per heavy atom. The number of rotatable bonds is 25. The van der Waals surface area contributed by atoms with E-state index in [2.05, 4.69) is 67.3 Å². The van der Waals surface area contributed by atoms with Crippen molar-refractivity contribution < 1.29 is 46.9 Å². The molecule has 4 aromatic carbocycles. The van der Waals surface area contributed by atoms with Crippen LogP contribution in [0.3, 0.4) is 0 Å². The number of hydrogen-bond donors (Lipinski definition) is 3. The number of carbonyl (C=O) groups is 3. The van der Waals surface area contributed by atoms with Gasteiger partial charge in [-0.1, -0.05) is 79.9 Å². The number of aromatic nitrogens is 3. The number of para-hydroxylation sites is 1. The third-order valence-corrected chi connectivity index (χ3v) is 16.2. The fourth-order valence-corrected chi connectivity index (χ4v) is 10.9. The number of thioether (sulfide) groups is 1. The number of nitrogens with one attached hydrogen (secondary N) is 3. The molecule has 0 fully saturated rings. The summed E-state index contributed by atoms with van der Waals surface area (Å²) in [5.41, 5.74) is 4.38. The Kier molecular flexibility index (Phi) is 20.8. The highest BCUT2D eigenvalue weighted by molar-refractivity contribution is 8.15. The van der Waals surface area contributed by atoms with E-state index in [0.717, 1.165) is 63.2 Å². The lowest BCUT2D eigenvalue weighted by Crippen LogP contribution is -2.47. The fraction of sp³-hybridized carbons (Fsp3) is 0.414. The van der Waals surface area contributed by atoms with Crippen LogP contribution in [0.4, 0.5) is 46.2 Å². The maximum Gasteiger partial charge on any atom is 0.411 e. The van der Waals surface area contributed by atoms with Crippen LogP contribution >= 0.6 is 11.8 Å². The van der Waals surface area contributed by atoms with Crippen molar-refractivity contribution in [2.24, 2.45) is 12.1 Å². The summed E-state index contributed by atoms with van der Waals surface area (Å²) in [7, 11) is 7.47. The molecule has 2 aromatic heterocycles. The Morgan fingerprint density at radius 2 is 1.59 bits per heavy atom. The summed E-state index contributed by atoms with van der Waals surface area (Å²) < 4.78 is 54.9. The molecule has 3 N–H and O–H groups in total. The number of benzene rings is 4. The smallest absolute Gasteiger partial charge is 0.411 e. The summed E-state index contributed by atoms with van der Waals surface area (Å²) in [5.74, 6) is -0.522. The van der Waals surface area contributed by atoms with E-state index in [1.807, 2.05) is 86.8 Å². The van der Waals surface area contributed by atoms with E-state index in [4.69, 9.17) is 28.8 Å². The van der Waals surface area contributed by atoms with Gasteiger partial charge in [0.2, 0.25) is 5.95 Å². The molecule has 1 aliphatic rings. The highest BCUT2D eigenvalue weighted by Crippen LogP contribution is 2.51. The number of nitrogens with zero attached hydrogens (tertiary/aromatic N) is 8. The maximum atomic E-state index is 15.3. The average Bonchev–Trinajstić information content (AvgIpc) is 4.21. The SMILES string of the molecule is COc1cc(N(C)CCN(C)CCOCCON(C)C(=O)N2N=C(c3cc(F)ccc3F)S[C@@]2(CCCNC(=O)OC(C)(C)C)c2ccccc2)c(NC(=O)OCC[Si](C)(C)C)cc1Nc1nccc(-c2cn(C)c3ccccc23)n1. The summed E-state index contributed by atoms with van der Waals surface area (Å²) in [6.45, 7) is 14.7. The van der Waals surface area contributed by atoms with Gasteiger partial charge in [0.05, 0.1) is 56.3 Å². The minimum atomic E-state index is -1.47. The lowest BCUT2D eigenvalue weighted by atomic mass is 10.0. The minimum absolute atomic E-state index is 0.00766. The number of methoxy groups -OCH3 is 1. The number of halogens is 2. The van der Waals surface area contributed by atoms with E-state index < -0.39 is 48.4 Å². The first-order valence-electron chi connectivity index (χ1n) is 26.8. The summed E-state index contributed by atoms with van der Waals surface area (Å²) in [4.78, 5) is 58.4. The molecular formula is C58H75F2N11O8SSi. The molecule has 0 spiro atoms. The molecule has 23 heteroatoms. The predicted octanol–water partition coefficient (Wildman–Crippen LogP) is 11.5. The summed E-state index contributed by atoms with van der Waals surface area (Å²) >= 11 is 1.12. The van der Waals surface area contributed by atoms with Crippen LogP contribution in [0, 0.1) is 11.6 Å². The van der Waals surface area contributed by atoms with Crippen LogP contribution in [0.5, 0.6) is 5.75 Å². The molecule has 0 radical (unpaired) electrons. The second-order valence-electron chi connectivity index (χ2n) is 21.8. The Labute approximate surface area is 478 Å². The molecule has 0 bridgehead atoms. The number of anilines is 4. The van der Waals surface area contributed by atoms with Gasteiger partial charge in [-0.25, -0.2) is 38.2 Å². The first kappa shape index (κ1) is 61.3. The van der Waals surface area contributed by atoms with Crippen molar-refractivity contribution in [3.8, 4) is 17.0 Å². The highest BCUT2D eigenvalue weighted by atomic mass is 32.2. The number of fused-ring (bicyclic) bond motifs is 1. The van der Waals surface area contributed by atoms with Gasteiger partial charge in [0, 0.05) is 95.9 Å². The second kappa shape index (κ2) is 27.4. The molecule has 434 valence electrons. The average molecular weight is 1150 g/mol. The van der Waals surface area contributed by atoms with E-state index in [9.17, 15) is 18.8 Å². The van der Waals surface area contributed by atoms with Crippen molar-refractivity contribution in [3.63, 3.8) is 0 Å². The standard InChI is InChI=1S/C58H75F2N11O8SSi/c1-57(2,3)79-54(72)62-26-17-25-58(40-18-13-12-14-19-40)71(66-52(80-58)43-36-41(59)22-23-45(43)60)56(74)70(7)78-33-32-76-31-30-67(4)28-29-68(5)50-38-51(75-8)48(37-47(50)65-55(73)77-34-35-81(9,10)11)64-53-61-27-24-46(63-53)44-39-69(6)49-21-16-15-20-42(44)49/h12-16,18-24,27,36-39H,17,25-26,28-35H2,1-11H3,(H,62,72)(H,65,73)(H,61,63,64)/t58-/m0/s1. The van der Waals surface area contributed by atoms with Gasteiger partial charge in [0.25, 0.3) is 0 Å². The number of urea groups is 1. The number of alkyl carbamates (subject to hydrolysis) is 1. The zero-order valence-electron chi connectivity index (χ0n) is 48.1. The fourth-order valence-electron chi connectivity index (χ4n) is 8.76. The lowest BCUT2D eigenvalue weighted by Gasteiger charge is -2.37. The second-order valence-corrected chi connectivity index (χ2v) is 28.7. The van der Waals surface area contributed by atoms with Gasteiger partial charge in [-0.15, -0.1) is 0 Å². The molecular weight excluding hydrogens is 1080 g/mol. The van der Waals surface area contributed by atoms with Gasteiger partial charge in [-0.2, -0.15) is 10.1 Å². The number of likely N-dealkylation sites (N-methyl/N-ethyl adjacent to an activating group) is 2. The van der Waals surface area contributed by atoms with Crippen molar-refractivity contribution in [1.29, 1.82) is 0 Å². The molecule has 0 saturated heterocycles. The molecule has 0 aliphatic carbocycles. The van der Waals surface area contributed by atoms with Crippen LogP contribution in [0.25, 0.3) is 22.2 Å². The van der Waals surface area contributed by atoms with Crippen molar-refractivity contribution in [2.45, 2.75) is 69.8 Å². The summed E-state index contributed by atoms with van der Waals surface area (Å²) in [5, 5.41) is 17.1. The quantitative estimate of drug-likeness (QED) is 0.0279. The number of hydroxylamine groups is 2. The summed E-state index contributed by atoms with van der Waals surface area (Å²) in [6.07, 6.45) is 3.19. The largest absolute Gasteiger partial charge is 0.494 e. The van der Waals surface area contributed by atoms with Crippen molar-refractivity contribution in [2.75, 3.05) is 96.4 Å². The molecule has 1 atom stereocenters. The van der Waals surface area contributed by atoms with Crippen LogP contribution < -0.4 is 25.6 Å². The third-order valence-electron chi connectivity index (χ3n) is 13.1. The van der Waals surface area contributed by atoms with Crippen LogP contribution in [0.2, 0.25) is 25.7 Å². The Balaban J connectivity index is 0.964. The molecule has 0 saturated carbocycles. The molecule has 19 nitrogen and oxygen atoms in total. The number of hydrogen-bond acceptors (Lipinski definition) is 15. The van der Waals surface area contributed by atoms with E-state index in [1.165, 1.54) is 12.1 Å². The molecule has 0 unspecified atom stereocenters. The van der Waals surface area contributed by atoms with Gasteiger partial charge in [0.15, 0.2) is 0 Å². The van der Waals surface area contributed by atoms with Gasteiger partial charge in [0.1, 0.15) is 32.9 Å². The Hall–Kier alpha value is -7.31. The molecule has 81 heavy (non-hydrogen) atoms. The first-order chi connectivity index (χ1) is 38.5. The van der Waals surface area contributed by atoms with Gasteiger partial charge < -0.3 is 43.9 Å². The Morgan fingerprint density at radius 3 is 2.33 bits per heavy atom. The number of hydrazone groups is 1. The van der Waals surface area contributed by atoms with Gasteiger partial charge >= 0.3 is 18.2 Å². The van der Waals surface area contributed by atoms with Crippen LogP contribution in [0.1, 0.15) is 44.7 Å². The van der Waals surface area contributed by atoms with E-state index >= 15 is 4.39 Å². The zero-order valence-corrected chi connectivity index (χ0v) is 49.9. The molecule has 6 aromatic rings. The molecule has 4 amide bonds. The molecule has 7 rings (SSSR count). The molecule has 3 heterocycles. The van der Waals surface area contributed by atoms with Gasteiger partial charge in [-0.3, -0.25) is 10.2 Å². The van der Waals surface area contributed by atoms with Crippen molar-refractivity contribution >= 4 is 77.0 Å². The van der Waals surface area contributed by atoms with Crippen molar-refractivity contribution in [3.05, 3.63) is 126 Å². The minimum Gasteiger partial charge on any atom is -0.494 e.